The summed E-state index contributed by atoms with van der Waals surface area (Å²) in [7, 11) is 0.298. The van der Waals surface area contributed by atoms with E-state index in [1.807, 2.05) is 0 Å². The monoisotopic (exact) mass is 432 g/mol. The second-order valence-electron chi connectivity index (χ2n) is 5.45. The summed E-state index contributed by atoms with van der Waals surface area (Å²) in [5.41, 5.74) is 0.420. The highest BCUT2D eigenvalue weighted by Crippen LogP contribution is 2.29. The van der Waals surface area contributed by atoms with Crippen molar-refractivity contribution < 1.29 is 22.7 Å². The number of hydrogen-bond donors (Lipinski definition) is 1. The zero-order chi connectivity index (χ0) is 20.2. The number of carbonyl (C=O) groups is 1. The van der Waals surface area contributed by atoms with Gasteiger partial charge in [0.15, 0.2) is 0 Å². The molecule has 7 nitrogen and oxygen atoms in total. The summed E-state index contributed by atoms with van der Waals surface area (Å²) in [6.07, 6.45) is 0. The Bertz CT molecular complexity index is 950. The summed E-state index contributed by atoms with van der Waals surface area (Å²) in [6.45, 7) is -0.393. The molecule has 27 heavy (non-hydrogen) atoms. The van der Waals surface area contributed by atoms with Crippen LogP contribution in [-0.2, 0) is 14.8 Å². The number of ether oxygens (including phenoxy) is 2. The number of methoxy groups -OCH3 is 2. The lowest BCUT2D eigenvalue weighted by molar-refractivity contribution is -0.116. The second kappa shape index (κ2) is 8.79. The fraction of sp³-hybridized carbons (Fsp3) is 0.235. The normalized spacial score (nSPS) is 11.3. The van der Waals surface area contributed by atoms with Crippen LogP contribution in [0.3, 0.4) is 0 Å². The predicted molar refractivity (Wildman–Crippen MR) is 104 cm³/mol. The van der Waals surface area contributed by atoms with Gasteiger partial charge in [-0.05, 0) is 36.4 Å². The van der Waals surface area contributed by atoms with E-state index in [1.54, 1.807) is 12.1 Å². The molecular formula is C17H18Cl2N2O5S. The molecule has 0 spiro atoms. The molecule has 0 aromatic heterocycles. The molecule has 0 bridgehead atoms. The third-order valence-corrected chi connectivity index (χ3v) is 6.02. The minimum atomic E-state index is -3.91. The topological polar surface area (TPSA) is 84.9 Å². The summed E-state index contributed by atoms with van der Waals surface area (Å²) in [5.74, 6) is 0.292. The third kappa shape index (κ3) is 5.04. The molecule has 1 amide bonds. The largest absolute Gasteiger partial charge is 0.495 e. The van der Waals surface area contributed by atoms with Gasteiger partial charge in [-0.2, -0.15) is 4.31 Å². The molecule has 0 aliphatic carbocycles. The van der Waals surface area contributed by atoms with Gasteiger partial charge in [0.05, 0.1) is 35.7 Å². The Labute approximate surface area is 167 Å². The minimum Gasteiger partial charge on any atom is -0.495 e. The maximum absolute atomic E-state index is 12.6. The molecule has 0 heterocycles. The quantitative estimate of drug-likeness (QED) is 0.725. The fourth-order valence-corrected chi connectivity index (χ4v) is 3.95. The number of halogens is 2. The van der Waals surface area contributed by atoms with Crippen molar-refractivity contribution in [3.8, 4) is 11.5 Å². The highest BCUT2D eigenvalue weighted by atomic mass is 35.5. The van der Waals surface area contributed by atoms with Crippen LogP contribution in [0.25, 0.3) is 0 Å². The molecule has 0 aliphatic heterocycles. The van der Waals surface area contributed by atoms with Crippen LogP contribution in [0.2, 0.25) is 10.0 Å². The van der Waals surface area contributed by atoms with Gasteiger partial charge in [-0.3, -0.25) is 4.79 Å². The molecule has 146 valence electrons. The van der Waals surface area contributed by atoms with Crippen molar-refractivity contribution in [2.45, 2.75) is 4.90 Å². The summed E-state index contributed by atoms with van der Waals surface area (Å²) in [6, 6.07) is 8.78. The number of sulfonamides is 1. The summed E-state index contributed by atoms with van der Waals surface area (Å²) in [5, 5.41) is 3.07. The molecule has 0 aliphatic rings. The van der Waals surface area contributed by atoms with Gasteiger partial charge in [0.25, 0.3) is 0 Å². The van der Waals surface area contributed by atoms with Gasteiger partial charge in [0, 0.05) is 12.7 Å². The SMILES string of the molecule is COc1ccc(NC(=O)CN(C)S(=O)(=O)c2ccc(OC)c(Cl)c2)cc1Cl. The molecule has 2 aromatic rings. The number of benzene rings is 2. The Morgan fingerprint density at radius 3 is 2.11 bits per heavy atom. The van der Waals surface area contributed by atoms with E-state index in [0.29, 0.717) is 22.2 Å². The van der Waals surface area contributed by atoms with Gasteiger partial charge < -0.3 is 14.8 Å². The molecule has 1 N–H and O–H groups in total. The highest BCUT2D eigenvalue weighted by molar-refractivity contribution is 7.89. The lowest BCUT2D eigenvalue weighted by Gasteiger charge is -2.17. The van der Waals surface area contributed by atoms with E-state index >= 15 is 0 Å². The van der Waals surface area contributed by atoms with Crippen molar-refractivity contribution in [2.75, 3.05) is 33.1 Å². The fourth-order valence-electron chi connectivity index (χ4n) is 2.22. The lowest BCUT2D eigenvalue weighted by atomic mass is 10.3. The molecule has 0 atom stereocenters. The lowest BCUT2D eigenvalue weighted by Crippen LogP contribution is -2.35. The number of anilines is 1. The Morgan fingerprint density at radius 1 is 1.04 bits per heavy atom. The maximum Gasteiger partial charge on any atom is 0.243 e. The molecule has 0 radical (unpaired) electrons. The van der Waals surface area contributed by atoms with E-state index in [4.69, 9.17) is 32.7 Å². The average molecular weight is 433 g/mol. The van der Waals surface area contributed by atoms with E-state index in [2.05, 4.69) is 5.32 Å². The van der Waals surface area contributed by atoms with Crippen molar-refractivity contribution >= 4 is 44.8 Å². The van der Waals surface area contributed by atoms with Gasteiger partial charge in [0.1, 0.15) is 11.5 Å². The first-order chi connectivity index (χ1) is 12.7. The standard InChI is InChI=1S/C17H18Cl2N2O5S/c1-21(27(23,24)12-5-7-16(26-3)14(19)9-12)10-17(22)20-11-4-6-15(25-2)13(18)8-11/h4-9H,10H2,1-3H3,(H,20,22). The zero-order valence-electron chi connectivity index (χ0n) is 14.8. The van der Waals surface area contributed by atoms with Gasteiger partial charge in [-0.25, -0.2) is 8.42 Å². The predicted octanol–water partition coefficient (Wildman–Crippen LogP) is 3.27. The maximum atomic E-state index is 12.6. The van der Waals surface area contributed by atoms with Gasteiger partial charge in [-0.1, -0.05) is 23.2 Å². The molecule has 10 heteroatoms. The molecule has 2 aromatic carbocycles. The van der Waals surface area contributed by atoms with Crippen molar-refractivity contribution in [1.82, 2.24) is 4.31 Å². The number of likely N-dealkylation sites (N-methyl/N-ethyl adjacent to an activating group) is 1. The van der Waals surface area contributed by atoms with Gasteiger partial charge in [-0.15, -0.1) is 0 Å². The van der Waals surface area contributed by atoms with Crippen LogP contribution in [0.5, 0.6) is 11.5 Å². The summed E-state index contributed by atoms with van der Waals surface area (Å²) < 4.78 is 36.2. The van der Waals surface area contributed by atoms with E-state index in [-0.39, 0.29) is 9.92 Å². The number of carbonyl (C=O) groups excluding carboxylic acids is 1. The first-order valence-corrected chi connectivity index (χ1v) is 9.82. The molecular weight excluding hydrogens is 415 g/mol. The Balaban J connectivity index is 2.10. The van der Waals surface area contributed by atoms with Crippen LogP contribution in [0.1, 0.15) is 0 Å². The number of hydrogen-bond acceptors (Lipinski definition) is 5. The van der Waals surface area contributed by atoms with Gasteiger partial charge in [0.2, 0.25) is 15.9 Å². The van der Waals surface area contributed by atoms with Crippen molar-refractivity contribution in [3.63, 3.8) is 0 Å². The summed E-state index contributed by atoms with van der Waals surface area (Å²) >= 11 is 12.0. The third-order valence-electron chi connectivity index (χ3n) is 3.63. The minimum absolute atomic E-state index is 0.0453. The zero-order valence-corrected chi connectivity index (χ0v) is 17.2. The number of amides is 1. The van der Waals surface area contributed by atoms with Crippen LogP contribution in [0, 0.1) is 0 Å². The van der Waals surface area contributed by atoms with Crippen LogP contribution in [0.15, 0.2) is 41.3 Å². The second-order valence-corrected chi connectivity index (χ2v) is 8.31. The number of nitrogens with zero attached hydrogens (tertiary/aromatic N) is 1. The highest BCUT2D eigenvalue weighted by Gasteiger charge is 2.24. The van der Waals surface area contributed by atoms with Crippen LogP contribution in [-0.4, -0.2) is 46.4 Å². The Morgan fingerprint density at radius 2 is 1.59 bits per heavy atom. The average Bonchev–Trinajstić information content (AvgIpc) is 2.61. The molecule has 0 saturated carbocycles. The van der Waals surface area contributed by atoms with E-state index < -0.39 is 22.5 Å². The van der Waals surface area contributed by atoms with Crippen molar-refractivity contribution in [1.29, 1.82) is 0 Å². The van der Waals surface area contributed by atoms with E-state index in [1.165, 1.54) is 45.5 Å². The molecule has 2 rings (SSSR count). The first kappa shape index (κ1) is 21.3. The molecule has 0 fully saturated rings. The molecule has 0 unspecified atom stereocenters. The Hall–Kier alpha value is -2.00. The smallest absolute Gasteiger partial charge is 0.243 e. The van der Waals surface area contributed by atoms with Crippen molar-refractivity contribution in [3.05, 3.63) is 46.4 Å². The Kier molecular flexibility index (Phi) is 6.94. The summed E-state index contributed by atoms with van der Waals surface area (Å²) in [4.78, 5) is 12.2. The van der Waals surface area contributed by atoms with E-state index in [9.17, 15) is 13.2 Å². The van der Waals surface area contributed by atoms with Gasteiger partial charge >= 0.3 is 0 Å². The van der Waals surface area contributed by atoms with Crippen molar-refractivity contribution in [2.24, 2.45) is 0 Å². The van der Waals surface area contributed by atoms with Crippen LogP contribution < -0.4 is 14.8 Å². The van der Waals surface area contributed by atoms with E-state index in [0.717, 1.165) is 4.31 Å². The number of rotatable bonds is 7. The van der Waals surface area contributed by atoms with Crippen LogP contribution >= 0.6 is 23.2 Å². The number of nitrogens with one attached hydrogen (secondary N) is 1. The molecule has 0 saturated heterocycles. The first-order valence-electron chi connectivity index (χ1n) is 7.62. The van der Waals surface area contributed by atoms with Crippen LogP contribution in [0.4, 0.5) is 5.69 Å².